The smallest absolute Gasteiger partial charge is 0.264 e. The minimum atomic E-state index is -3.93. The van der Waals surface area contributed by atoms with Gasteiger partial charge in [-0.15, -0.1) is 0 Å². The topological polar surface area (TPSA) is 66.5 Å². The summed E-state index contributed by atoms with van der Waals surface area (Å²) in [7, 11) is -3.93. The summed E-state index contributed by atoms with van der Waals surface area (Å²) in [5, 5.41) is 3.26. The van der Waals surface area contributed by atoms with Crippen LogP contribution in [0.3, 0.4) is 0 Å². The molecule has 29 heavy (non-hydrogen) atoms. The molecule has 0 aliphatic rings. The molecule has 0 spiro atoms. The molecule has 5 nitrogen and oxygen atoms in total. The monoisotopic (exact) mass is 428 g/mol. The van der Waals surface area contributed by atoms with Crippen LogP contribution in [-0.2, 0) is 14.8 Å². The number of sulfonamides is 1. The second-order valence-electron chi connectivity index (χ2n) is 6.72. The lowest BCUT2D eigenvalue weighted by Gasteiger charge is -2.24. The van der Waals surface area contributed by atoms with Crippen molar-refractivity contribution in [2.45, 2.75) is 18.7 Å². The van der Waals surface area contributed by atoms with E-state index in [0.29, 0.717) is 16.4 Å². The van der Waals surface area contributed by atoms with Gasteiger partial charge in [0.25, 0.3) is 10.0 Å². The van der Waals surface area contributed by atoms with Crippen molar-refractivity contribution in [1.29, 1.82) is 0 Å². The number of amides is 1. The summed E-state index contributed by atoms with van der Waals surface area (Å²) in [4.78, 5) is 12.8. The van der Waals surface area contributed by atoms with Gasteiger partial charge in [-0.2, -0.15) is 0 Å². The third-order valence-corrected chi connectivity index (χ3v) is 6.35. The number of hydrogen-bond donors (Lipinski definition) is 1. The maximum absolute atomic E-state index is 13.3. The molecule has 3 rings (SSSR count). The molecule has 0 aromatic heterocycles. The first-order chi connectivity index (χ1) is 13.8. The van der Waals surface area contributed by atoms with Crippen LogP contribution >= 0.6 is 11.6 Å². The molecule has 0 fully saturated rings. The average molecular weight is 429 g/mol. The van der Waals surface area contributed by atoms with E-state index in [4.69, 9.17) is 11.6 Å². The summed E-state index contributed by atoms with van der Waals surface area (Å²) in [6.45, 7) is 3.39. The van der Waals surface area contributed by atoms with Crippen LogP contribution < -0.4 is 9.62 Å². The quantitative estimate of drug-likeness (QED) is 0.613. The van der Waals surface area contributed by atoms with Gasteiger partial charge in [0, 0.05) is 10.7 Å². The van der Waals surface area contributed by atoms with Gasteiger partial charge < -0.3 is 5.32 Å². The van der Waals surface area contributed by atoms with Crippen molar-refractivity contribution in [3.8, 4) is 0 Å². The standard InChI is InChI=1S/C22H21ClN2O3S/c1-16-6-12-21(13-7-16)29(27,28)25(20-5-3-4-17(2)14-20)15-22(26)24-19-10-8-18(23)9-11-19/h3-14H,15H2,1-2H3,(H,24,26). The summed E-state index contributed by atoms with van der Waals surface area (Å²) in [6.07, 6.45) is 0. The summed E-state index contributed by atoms with van der Waals surface area (Å²) < 4.78 is 27.8. The van der Waals surface area contributed by atoms with Gasteiger partial charge in [-0.25, -0.2) is 8.42 Å². The van der Waals surface area contributed by atoms with Gasteiger partial charge in [-0.05, 0) is 67.9 Å². The molecule has 3 aromatic carbocycles. The molecule has 0 saturated heterocycles. The lowest BCUT2D eigenvalue weighted by molar-refractivity contribution is -0.114. The van der Waals surface area contributed by atoms with Gasteiger partial charge in [0.05, 0.1) is 10.6 Å². The molecule has 1 amide bonds. The van der Waals surface area contributed by atoms with Crippen molar-refractivity contribution in [2.24, 2.45) is 0 Å². The van der Waals surface area contributed by atoms with Crippen LogP contribution in [0.25, 0.3) is 0 Å². The lowest BCUT2D eigenvalue weighted by atomic mass is 10.2. The number of rotatable bonds is 6. The molecule has 0 unspecified atom stereocenters. The summed E-state index contributed by atoms with van der Waals surface area (Å²) in [5.74, 6) is -0.454. The first-order valence-electron chi connectivity index (χ1n) is 8.97. The summed E-state index contributed by atoms with van der Waals surface area (Å²) >= 11 is 5.87. The van der Waals surface area contributed by atoms with Gasteiger partial charge in [-0.1, -0.05) is 41.4 Å². The van der Waals surface area contributed by atoms with Crippen molar-refractivity contribution in [3.05, 3.63) is 88.9 Å². The van der Waals surface area contributed by atoms with E-state index in [1.165, 1.54) is 0 Å². The van der Waals surface area contributed by atoms with Gasteiger partial charge in [0.15, 0.2) is 0 Å². The summed E-state index contributed by atoms with van der Waals surface area (Å²) in [5.41, 5.74) is 2.81. The van der Waals surface area contributed by atoms with E-state index in [-0.39, 0.29) is 11.4 Å². The second kappa shape index (κ2) is 8.68. The Morgan fingerprint density at radius 3 is 2.21 bits per heavy atom. The van der Waals surface area contributed by atoms with Crippen molar-refractivity contribution in [1.82, 2.24) is 0 Å². The maximum Gasteiger partial charge on any atom is 0.264 e. The minimum absolute atomic E-state index is 0.129. The van der Waals surface area contributed by atoms with Gasteiger partial charge in [0.1, 0.15) is 6.54 Å². The first-order valence-corrected chi connectivity index (χ1v) is 10.8. The third kappa shape index (κ3) is 5.16. The molecule has 0 radical (unpaired) electrons. The Labute approximate surface area is 176 Å². The number of aryl methyl sites for hydroxylation is 2. The van der Waals surface area contributed by atoms with E-state index in [1.54, 1.807) is 66.7 Å². The van der Waals surface area contributed by atoms with Crippen LogP contribution in [0.15, 0.2) is 77.7 Å². The molecular formula is C22H21ClN2O3S. The van der Waals surface area contributed by atoms with E-state index in [0.717, 1.165) is 15.4 Å². The number of benzene rings is 3. The SMILES string of the molecule is Cc1ccc(S(=O)(=O)N(CC(=O)Nc2ccc(Cl)cc2)c2cccc(C)c2)cc1. The van der Waals surface area contributed by atoms with Crippen molar-refractivity contribution >= 4 is 38.9 Å². The Balaban J connectivity index is 1.93. The third-order valence-electron chi connectivity index (χ3n) is 4.31. The number of anilines is 2. The van der Waals surface area contributed by atoms with Crippen molar-refractivity contribution < 1.29 is 13.2 Å². The van der Waals surface area contributed by atoms with Crippen LogP contribution in [0.5, 0.6) is 0 Å². The lowest BCUT2D eigenvalue weighted by Crippen LogP contribution is -2.38. The van der Waals surface area contributed by atoms with E-state index >= 15 is 0 Å². The second-order valence-corrected chi connectivity index (χ2v) is 9.02. The molecule has 0 aliphatic carbocycles. The van der Waals surface area contributed by atoms with Crippen LogP contribution in [0.2, 0.25) is 5.02 Å². The highest BCUT2D eigenvalue weighted by Crippen LogP contribution is 2.25. The number of carbonyl (C=O) groups is 1. The Morgan fingerprint density at radius 1 is 0.931 bits per heavy atom. The summed E-state index contributed by atoms with van der Waals surface area (Å²) in [6, 6.07) is 20.2. The predicted molar refractivity (Wildman–Crippen MR) is 117 cm³/mol. The number of hydrogen-bond acceptors (Lipinski definition) is 3. The largest absolute Gasteiger partial charge is 0.325 e. The van der Waals surface area contributed by atoms with Crippen LogP contribution in [-0.4, -0.2) is 20.9 Å². The molecule has 7 heteroatoms. The molecule has 0 heterocycles. The number of carbonyl (C=O) groups excluding carboxylic acids is 1. The Bertz CT molecular complexity index is 1110. The Hall–Kier alpha value is -2.83. The highest BCUT2D eigenvalue weighted by Gasteiger charge is 2.27. The molecular weight excluding hydrogens is 408 g/mol. The fraction of sp³-hybridized carbons (Fsp3) is 0.136. The highest BCUT2D eigenvalue weighted by atomic mass is 35.5. The fourth-order valence-electron chi connectivity index (χ4n) is 2.80. The van der Waals surface area contributed by atoms with Crippen molar-refractivity contribution in [3.63, 3.8) is 0 Å². The average Bonchev–Trinajstić information content (AvgIpc) is 2.68. The van der Waals surface area contributed by atoms with Crippen LogP contribution in [0, 0.1) is 13.8 Å². The van der Waals surface area contributed by atoms with Crippen molar-refractivity contribution in [2.75, 3.05) is 16.2 Å². The molecule has 0 aliphatic heterocycles. The number of halogens is 1. The minimum Gasteiger partial charge on any atom is -0.325 e. The molecule has 0 bridgehead atoms. The zero-order valence-electron chi connectivity index (χ0n) is 16.1. The maximum atomic E-state index is 13.3. The predicted octanol–water partition coefficient (Wildman–Crippen LogP) is 4.79. The fourth-order valence-corrected chi connectivity index (χ4v) is 4.34. The van der Waals surface area contributed by atoms with Crippen LogP contribution in [0.4, 0.5) is 11.4 Å². The van der Waals surface area contributed by atoms with Gasteiger partial charge >= 0.3 is 0 Å². The zero-order valence-corrected chi connectivity index (χ0v) is 17.7. The Kier molecular flexibility index (Phi) is 6.25. The number of nitrogens with one attached hydrogen (secondary N) is 1. The highest BCUT2D eigenvalue weighted by molar-refractivity contribution is 7.92. The molecule has 1 N–H and O–H groups in total. The molecule has 150 valence electrons. The van der Waals surface area contributed by atoms with E-state index < -0.39 is 15.9 Å². The molecule has 0 atom stereocenters. The van der Waals surface area contributed by atoms with E-state index in [1.807, 2.05) is 19.9 Å². The normalized spacial score (nSPS) is 11.1. The Morgan fingerprint density at radius 2 is 1.59 bits per heavy atom. The van der Waals surface area contributed by atoms with Gasteiger partial charge in [0.2, 0.25) is 5.91 Å². The number of nitrogens with zero attached hydrogens (tertiary/aromatic N) is 1. The molecule has 3 aromatic rings. The van der Waals surface area contributed by atoms with E-state index in [2.05, 4.69) is 5.32 Å². The van der Waals surface area contributed by atoms with Crippen LogP contribution in [0.1, 0.15) is 11.1 Å². The van der Waals surface area contributed by atoms with Gasteiger partial charge in [-0.3, -0.25) is 9.10 Å². The first kappa shape index (κ1) is 20.9. The zero-order chi connectivity index (χ0) is 21.0. The molecule has 0 saturated carbocycles. The van der Waals surface area contributed by atoms with E-state index in [9.17, 15) is 13.2 Å².